The van der Waals surface area contributed by atoms with Gasteiger partial charge in [-0.15, -0.1) is 0 Å². The van der Waals surface area contributed by atoms with E-state index in [0.717, 1.165) is 31.7 Å². The molecule has 96 valence electrons. The van der Waals surface area contributed by atoms with E-state index in [-0.39, 0.29) is 6.10 Å². The van der Waals surface area contributed by atoms with Crippen LogP contribution in [0.4, 0.5) is 0 Å². The standard InChI is InChI=1S/C14H19N3O/c1-11(18)12-5-7-16(9-12)10-13-8-15-14-4-2-3-6-17(13)14/h2-4,6,8,11-12,18H,5,7,9-10H2,1H3. The number of aliphatic hydroxyl groups excluding tert-OH is 1. The van der Waals surface area contributed by atoms with Gasteiger partial charge in [-0.1, -0.05) is 6.07 Å². The number of aromatic nitrogens is 2. The zero-order valence-corrected chi connectivity index (χ0v) is 10.7. The Morgan fingerprint density at radius 2 is 2.39 bits per heavy atom. The lowest BCUT2D eigenvalue weighted by Crippen LogP contribution is -2.24. The predicted octanol–water partition coefficient (Wildman–Crippen LogP) is 1.54. The highest BCUT2D eigenvalue weighted by atomic mass is 16.3. The molecule has 0 aliphatic carbocycles. The first-order valence-corrected chi connectivity index (χ1v) is 6.55. The fraction of sp³-hybridized carbons (Fsp3) is 0.500. The van der Waals surface area contributed by atoms with E-state index in [4.69, 9.17) is 0 Å². The van der Waals surface area contributed by atoms with Crippen molar-refractivity contribution >= 4 is 5.65 Å². The van der Waals surface area contributed by atoms with Crippen molar-refractivity contribution in [1.82, 2.24) is 14.3 Å². The zero-order chi connectivity index (χ0) is 12.5. The van der Waals surface area contributed by atoms with Crippen LogP contribution in [0, 0.1) is 5.92 Å². The normalized spacial score (nSPS) is 22.7. The fourth-order valence-electron chi connectivity index (χ4n) is 2.73. The van der Waals surface area contributed by atoms with Crippen LogP contribution in [0.25, 0.3) is 5.65 Å². The van der Waals surface area contributed by atoms with Crippen LogP contribution in [-0.2, 0) is 6.54 Å². The largest absolute Gasteiger partial charge is 0.393 e. The molecule has 0 radical (unpaired) electrons. The van der Waals surface area contributed by atoms with Crippen LogP contribution in [0.5, 0.6) is 0 Å². The summed E-state index contributed by atoms with van der Waals surface area (Å²) >= 11 is 0. The average Bonchev–Trinajstić information content (AvgIpc) is 2.98. The number of imidazole rings is 1. The van der Waals surface area contributed by atoms with E-state index in [1.807, 2.05) is 31.3 Å². The van der Waals surface area contributed by atoms with Gasteiger partial charge in [0.25, 0.3) is 0 Å². The summed E-state index contributed by atoms with van der Waals surface area (Å²) in [5.41, 5.74) is 2.22. The van der Waals surface area contributed by atoms with Crippen molar-refractivity contribution in [2.24, 2.45) is 5.92 Å². The second-order valence-electron chi connectivity index (χ2n) is 5.20. The maximum absolute atomic E-state index is 9.62. The number of rotatable bonds is 3. The van der Waals surface area contributed by atoms with Gasteiger partial charge in [0.2, 0.25) is 0 Å². The van der Waals surface area contributed by atoms with Crippen molar-refractivity contribution < 1.29 is 5.11 Å². The van der Waals surface area contributed by atoms with E-state index >= 15 is 0 Å². The van der Waals surface area contributed by atoms with Crippen LogP contribution in [0.3, 0.4) is 0 Å². The summed E-state index contributed by atoms with van der Waals surface area (Å²) in [6.45, 7) is 4.85. The maximum Gasteiger partial charge on any atom is 0.136 e. The van der Waals surface area contributed by atoms with Crippen LogP contribution in [0.15, 0.2) is 30.6 Å². The van der Waals surface area contributed by atoms with E-state index in [2.05, 4.69) is 20.5 Å². The Bertz CT molecular complexity index is 535. The molecule has 4 nitrogen and oxygen atoms in total. The van der Waals surface area contributed by atoms with Crippen LogP contribution in [-0.4, -0.2) is 38.6 Å². The van der Waals surface area contributed by atoms with Gasteiger partial charge in [-0.3, -0.25) is 4.90 Å². The molecule has 0 saturated carbocycles. The van der Waals surface area contributed by atoms with Crippen LogP contribution < -0.4 is 0 Å². The fourth-order valence-corrected chi connectivity index (χ4v) is 2.73. The molecule has 2 unspecified atom stereocenters. The second kappa shape index (κ2) is 4.71. The van der Waals surface area contributed by atoms with E-state index in [0.29, 0.717) is 5.92 Å². The summed E-state index contributed by atoms with van der Waals surface area (Å²) in [5.74, 6) is 0.421. The minimum atomic E-state index is -0.197. The number of likely N-dealkylation sites (tertiary alicyclic amines) is 1. The summed E-state index contributed by atoms with van der Waals surface area (Å²) in [6, 6.07) is 6.05. The van der Waals surface area contributed by atoms with Crippen LogP contribution in [0.1, 0.15) is 19.0 Å². The Labute approximate surface area is 107 Å². The van der Waals surface area contributed by atoms with E-state index in [1.165, 1.54) is 5.69 Å². The molecule has 0 spiro atoms. The van der Waals surface area contributed by atoms with E-state index in [1.54, 1.807) is 0 Å². The minimum absolute atomic E-state index is 0.197. The highest BCUT2D eigenvalue weighted by molar-refractivity contribution is 5.39. The van der Waals surface area contributed by atoms with Gasteiger partial charge in [-0.2, -0.15) is 0 Å². The Morgan fingerprint density at radius 1 is 1.50 bits per heavy atom. The maximum atomic E-state index is 9.62. The molecule has 2 atom stereocenters. The molecule has 1 aliphatic rings. The quantitative estimate of drug-likeness (QED) is 0.891. The SMILES string of the molecule is CC(O)C1CCN(Cc2cnc3ccccn23)C1. The van der Waals surface area contributed by atoms with Crippen molar-refractivity contribution in [1.29, 1.82) is 0 Å². The van der Waals surface area contributed by atoms with Crippen molar-refractivity contribution in [2.75, 3.05) is 13.1 Å². The van der Waals surface area contributed by atoms with Crippen molar-refractivity contribution in [3.8, 4) is 0 Å². The third kappa shape index (κ3) is 2.13. The highest BCUT2D eigenvalue weighted by Crippen LogP contribution is 2.21. The predicted molar refractivity (Wildman–Crippen MR) is 70.3 cm³/mol. The zero-order valence-electron chi connectivity index (χ0n) is 10.7. The van der Waals surface area contributed by atoms with E-state index in [9.17, 15) is 5.11 Å². The first kappa shape index (κ1) is 11.7. The molecular weight excluding hydrogens is 226 g/mol. The first-order chi connectivity index (χ1) is 8.74. The Morgan fingerprint density at radius 3 is 3.17 bits per heavy atom. The average molecular weight is 245 g/mol. The molecule has 3 heterocycles. The molecule has 0 aromatic carbocycles. The number of hydrogen-bond donors (Lipinski definition) is 1. The van der Waals surface area contributed by atoms with Crippen molar-refractivity contribution in [2.45, 2.75) is 26.0 Å². The molecule has 1 fully saturated rings. The first-order valence-electron chi connectivity index (χ1n) is 6.55. The molecule has 4 heteroatoms. The highest BCUT2D eigenvalue weighted by Gasteiger charge is 2.26. The Balaban J connectivity index is 1.74. The molecule has 0 bridgehead atoms. The van der Waals surface area contributed by atoms with Gasteiger partial charge in [-0.25, -0.2) is 4.98 Å². The molecule has 0 amide bonds. The third-order valence-electron chi connectivity index (χ3n) is 3.87. The Kier molecular flexibility index (Phi) is 3.06. The summed E-state index contributed by atoms with van der Waals surface area (Å²) in [6.07, 6.45) is 4.90. The molecule has 1 aliphatic heterocycles. The lowest BCUT2D eigenvalue weighted by atomic mass is 10.0. The molecule has 2 aromatic rings. The van der Waals surface area contributed by atoms with Gasteiger partial charge in [0, 0.05) is 19.3 Å². The van der Waals surface area contributed by atoms with Gasteiger partial charge in [0.05, 0.1) is 18.0 Å². The number of fused-ring (bicyclic) bond motifs is 1. The second-order valence-corrected chi connectivity index (χ2v) is 5.20. The monoisotopic (exact) mass is 245 g/mol. The smallest absolute Gasteiger partial charge is 0.136 e. The lowest BCUT2D eigenvalue weighted by molar-refractivity contribution is 0.127. The number of pyridine rings is 1. The lowest BCUT2D eigenvalue weighted by Gasteiger charge is -2.16. The summed E-state index contributed by atoms with van der Waals surface area (Å²) in [7, 11) is 0. The molecule has 18 heavy (non-hydrogen) atoms. The Hall–Kier alpha value is -1.39. The van der Waals surface area contributed by atoms with E-state index < -0.39 is 0 Å². The number of nitrogens with zero attached hydrogens (tertiary/aromatic N) is 3. The van der Waals surface area contributed by atoms with Crippen LogP contribution in [0.2, 0.25) is 0 Å². The molecule has 1 N–H and O–H groups in total. The van der Waals surface area contributed by atoms with Crippen LogP contribution >= 0.6 is 0 Å². The van der Waals surface area contributed by atoms with Gasteiger partial charge in [0.1, 0.15) is 5.65 Å². The minimum Gasteiger partial charge on any atom is -0.393 e. The third-order valence-corrected chi connectivity index (χ3v) is 3.87. The van der Waals surface area contributed by atoms with Crippen molar-refractivity contribution in [3.05, 3.63) is 36.3 Å². The molecule has 3 rings (SSSR count). The molecule has 2 aromatic heterocycles. The van der Waals surface area contributed by atoms with Crippen molar-refractivity contribution in [3.63, 3.8) is 0 Å². The van der Waals surface area contributed by atoms with Gasteiger partial charge in [0.15, 0.2) is 0 Å². The number of hydrogen-bond acceptors (Lipinski definition) is 3. The summed E-state index contributed by atoms with van der Waals surface area (Å²) < 4.78 is 2.13. The summed E-state index contributed by atoms with van der Waals surface area (Å²) in [5, 5.41) is 9.62. The molecular formula is C14H19N3O. The van der Waals surface area contributed by atoms with Gasteiger partial charge in [-0.05, 0) is 37.9 Å². The molecule has 1 saturated heterocycles. The topological polar surface area (TPSA) is 40.8 Å². The van der Waals surface area contributed by atoms with Gasteiger partial charge >= 0.3 is 0 Å². The summed E-state index contributed by atoms with van der Waals surface area (Å²) in [4.78, 5) is 6.80. The number of aliphatic hydroxyl groups is 1. The van der Waals surface area contributed by atoms with Gasteiger partial charge < -0.3 is 9.51 Å².